The number of halogens is 2. The van der Waals surface area contributed by atoms with Crippen molar-refractivity contribution in [2.75, 3.05) is 20.2 Å². The predicted octanol–water partition coefficient (Wildman–Crippen LogP) is 4.05. The molecule has 1 aromatic carbocycles. The Hall–Kier alpha value is -2.18. The van der Waals surface area contributed by atoms with Gasteiger partial charge in [0.15, 0.2) is 5.65 Å². The molecular weight excluding hydrogens is 355 g/mol. The molecule has 0 aliphatic carbocycles. The number of rotatable bonds is 5. The highest BCUT2D eigenvalue weighted by Crippen LogP contribution is 2.26. The van der Waals surface area contributed by atoms with Crippen LogP contribution in [0.3, 0.4) is 0 Å². The maximum atomic E-state index is 13.4. The smallest absolute Gasteiger partial charge is 0.231 e. The van der Waals surface area contributed by atoms with Gasteiger partial charge in [0.25, 0.3) is 0 Å². The molecule has 7 heteroatoms. The van der Waals surface area contributed by atoms with E-state index in [1.807, 2.05) is 12.1 Å². The quantitative estimate of drug-likeness (QED) is 0.675. The van der Waals surface area contributed by atoms with Crippen molar-refractivity contribution in [1.82, 2.24) is 19.5 Å². The summed E-state index contributed by atoms with van der Waals surface area (Å²) in [5.74, 6) is 0.101. The van der Waals surface area contributed by atoms with E-state index < -0.39 is 5.82 Å². The van der Waals surface area contributed by atoms with E-state index in [0.717, 1.165) is 24.2 Å². The van der Waals surface area contributed by atoms with Gasteiger partial charge in [-0.25, -0.2) is 13.9 Å². The van der Waals surface area contributed by atoms with E-state index in [9.17, 15) is 4.39 Å². The topological polar surface area (TPSA) is 42.7 Å². The molecule has 0 amide bonds. The molecule has 0 bridgehead atoms. The fourth-order valence-corrected chi connectivity index (χ4v) is 3.61. The normalized spacial score (nSPS) is 17.9. The van der Waals surface area contributed by atoms with Crippen LogP contribution in [0.1, 0.15) is 19.3 Å². The first-order valence-corrected chi connectivity index (χ1v) is 9.13. The van der Waals surface area contributed by atoms with Crippen LogP contribution >= 0.6 is 11.6 Å². The lowest BCUT2D eigenvalue weighted by atomic mass is 10.1. The van der Waals surface area contributed by atoms with Crippen molar-refractivity contribution in [2.45, 2.75) is 25.3 Å². The lowest BCUT2D eigenvalue weighted by molar-refractivity contribution is 0.227. The molecule has 1 atom stereocenters. The van der Waals surface area contributed by atoms with Crippen LogP contribution in [0.15, 0.2) is 36.5 Å². The summed E-state index contributed by atoms with van der Waals surface area (Å²) < 4.78 is 21.0. The van der Waals surface area contributed by atoms with Gasteiger partial charge in [-0.05, 0) is 57.1 Å². The Kier molecular flexibility index (Phi) is 4.78. The van der Waals surface area contributed by atoms with Crippen molar-refractivity contribution in [3.05, 3.63) is 47.4 Å². The number of hydrogen-bond donors (Lipinski definition) is 0. The van der Waals surface area contributed by atoms with Gasteiger partial charge in [-0.2, -0.15) is 0 Å². The lowest BCUT2D eigenvalue weighted by Gasteiger charge is -2.19. The molecule has 1 aliphatic heterocycles. The summed E-state index contributed by atoms with van der Waals surface area (Å²) in [7, 11) is 2.16. The molecule has 0 N–H and O–H groups in total. The molecule has 1 unspecified atom stereocenters. The van der Waals surface area contributed by atoms with Crippen molar-refractivity contribution < 1.29 is 9.13 Å². The van der Waals surface area contributed by atoms with Gasteiger partial charge in [0.1, 0.15) is 5.82 Å². The van der Waals surface area contributed by atoms with Gasteiger partial charge in [0, 0.05) is 17.7 Å². The van der Waals surface area contributed by atoms with Crippen LogP contribution in [0.25, 0.3) is 16.9 Å². The van der Waals surface area contributed by atoms with Crippen LogP contribution < -0.4 is 4.74 Å². The number of imidazole rings is 1. The lowest BCUT2D eigenvalue weighted by Crippen LogP contribution is -2.26. The molecule has 26 heavy (non-hydrogen) atoms. The summed E-state index contributed by atoms with van der Waals surface area (Å²) >= 11 is 5.90. The van der Waals surface area contributed by atoms with Crippen molar-refractivity contribution in [1.29, 1.82) is 0 Å². The van der Waals surface area contributed by atoms with Crippen LogP contribution in [0.2, 0.25) is 5.02 Å². The van der Waals surface area contributed by atoms with Crippen LogP contribution in [0.4, 0.5) is 4.39 Å². The third kappa shape index (κ3) is 3.39. The Bertz CT molecular complexity index is 929. The minimum absolute atomic E-state index is 0.0746. The van der Waals surface area contributed by atoms with Crippen LogP contribution in [-0.2, 0) is 0 Å². The van der Waals surface area contributed by atoms with Crippen molar-refractivity contribution in [2.24, 2.45) is 0 Å². The third-order valence-corrected chi connectivity index (χ3v) is 5.22. The number of aromatic nitrogens is 3. The van der Waals surface area contributed by atoms with Gasteiger partial charge in [-0.15, -0.1) is 5.10 Å². The molecule has 5 nitrogen and oxygen atoms in total. The Morgan fingerprint density at radius 1 is 1.31 bits per heavy atom. The number of likely N-dealkylation sites (tertiary alicyclic amines) is 1. The zero-order valence-electron chi connectivity index (χ0n) is 14.5. The summed E-state index contributed by atoms with van der Waals surface area (Å²) in [6, 6.07) is 8.85. The van der Waals surface area contributed by atoms with E-state index in [1.54, 1.807) is 22.8 Å². The average molecular weight is 375 g/mol. The van der Waals surface area contributed by atoms with Crippen molar-refractivity contribution in [3.63, 3.8) is 0 Å². The SMILES string of the molecule is CN1CCCC1CCOc1ccc2ncc(-c3ccc(F)c(Cl)c3)n2n1. The Labute approximate surface area is 156 Å². The molecule has 0 spiro atoms. The second kappa shape index (κ2) is 7.21. The van der Waals surface area contributed by atoms with Crippen LogP contribution in [0, 0.1) is 5.82 Å². The van der Waals surface area contributed by atoms with Crippen molar-refractivity contribution >= 4 is 17.2 Å². The molecule has 2 aromatic heterocycles. The summed E-state index contributed by atoms with van der Waals surface area (Å²) in [4.78, 5) is 6.72. The number of hydrogen-bond acceptors (Lipinski definition) is 4. The molecule has 4 rings (SSSR count). The molecule has 3 aromatic rings. The van der Waals surface area contributed by atoms with E-state index in [2.05, 4.69) is 22.0 Å². The number of fused-ring (bicyclic) bond motifs is 1. The summed E-state index contributed by atoms with van der Waals surface area (Å²) in [6.07, 6.45) is 5.16. The second-order valence-electron chi connectivity index (χ2n) is 6.63. The number of ether oxygens (including phenoxy) is 1. The molecule has 3 heterocycles. The van der Waals surface area contributed by atoms with E-state index in [0.29, 0.717) is 24.2 Å². The fraction of sp³-hybridized carbons (Fsp3) is 0.368. The highest BCUT2D eigenvalue weighted by atomic mass is 35.5. The largest absolute Gasteiger partial charge is 0.477 e. The summed E-state index contributed by atoms with van der Waals surface area (Å²) in [5.41, 5.74) is 2.19. The Morgan fingerprint density at radius 3 is 2.96 bits per heavy atom. The van der Waals surface area contributed by atoms with Crippen LogP contribution in [0.5, 0.6) is 5.88 Å². The van der Waals surface area contributed by atoms with Gasteiger partial charge < -0.3 is 9.64 Å². The van der Waals surface area contributed by atoms with Gasteiger partial charge >= 0.3 is 0 Å². The van der Waals surface area contributed by atoms with Crippen molar-refractivity contribution in [3.8, 4) is 17.1 Å². The van der Waals surface area contributed by atoms with Gasteiger partial charge in [-0.3, -0.25) is 0 Å². The second-order valence-corrected chi connectivity index (χ2v) is 7.03. The molecule has 136 valence electrons. The fourth-order valence-electron chi connectivity index (χ4n) is 3.43. The minimum Gasteiger partial charge on any atom is -0.477 e. The van der Waals surface area contributed by atoms with Gasteiger partial charge in [-0.1, -0.05) is 11.6 Å². The molecule has 1 aliphatic rings. The maximum Gasteiger partial charge on any atom is 0.231 e. The highest BCUT2D eigenvalue weighted by molar-refractivity contribution is 6.31. The monoisotopic (exact) mass is 374 g/mol. The first-order valence-electron chi connectivity index (χ1n) is 8.75. The standard InChI is InChI=1S/C19H20ClFN4O/c1-24-9-2-3-14(24)8-10-26-19-7-6-18-22-12-17(25(18)23-19)13-4-5-16(21)15(20)11-13/h4-7,11-12,14H,2-3,8-10H2,1H3. The van der Waals surface area contributed by atoms with E-state index in [4.69, 9.17) is 16.3 Å². The Morgan fingerprint density at radius 2 is 2.19 bits per heavy atom. The Balaban J connectivity index is 1.53. The highest BCUT2D eigenvalue weighted by Gasteiger charge is 2.20. The zero-order valence-corrected chi connectivity index (χ0v) is 15.3. The molecule has 1 fully saturated rings. The minimum atomic E-state index is -0.446. The van der Waals surface area contributed by atoms with E-state index >= 15 is 0 Å². The number of nitrogens with zero attached hydrogens (tertiary/aromatic N) is 4. The first-order chi connectivity index (χ1) is 12.6. The molecule has 1 saturated heterocycles. The summed E-state index contributed by atoms with van der Waals surface area (Å²) in [6.45, 7) is 1.79. The van der Waals surface area contributed by atoms with E-state index in [-0.39, 0.29) is 5.02 Å². The molecule has 0 radical (unpaired) electrons. The summed E-state index contributed by atoms with van der Waals surface area (Å²) in [5, 5.41) is 4.60. The maximum absolute atomic E-state index is 13.4. The molecule has 0 saturated carbocycles. The van der Waals surface area contributed by atoms with E-state index in [1.165, 1.54) is 18.9 Å². The first kappa shape index (κ1) is 17.2. The average Bonchev–Trinajstić information content (AvgIpc) is 3.23. The van der Waals surface area contributed by atoms with Gasteiger partial charge in [0.2, 0.25) is 5.88 Å². The molecular formula is C19H20ClFN4O. The van der Waals surface area contributed by atoms with Crippen LogP contribution in [-0.4, -0.2) is 45.7 Å². The third-order valence-electron chi connectivity index (χ3n) is 4.93. The van der Waals surface area contributed by atoms with Gasteiger partial charge in [0.05, 0.1) is 23.5 Å². The number of benzene rings is 1. The zero-order chi connectivity index (χ0) is 18.1. The predicted molar refractivity (Wildman–Crippen MR) is 99.2 cm³/mol.